The Morgan fingerprint density at radius 3 is 2.66 bits per heavy atom. The maximum Gasteiger partial charge on any atom is 0.224 e. The lowest BCUT2D eigenvalue weighted by atomic mass is 9.79. The molecule has 7 nitrogen and oxygen atoms in total. The number of fused-ring (bicyclic) bond motifs is 1. The van der Waals surface area contributed by atoms with Gasteiger partial charge in [-0.05, 0) is 43.0 Å². The van der Waals surface area contributed by atoms with Gasteiger partial charge in [0.15, 0.2) is 0 Å². The van der Waals surface area contributed by atoms with E-state index in [1.807, 2.05) is 18.2 Å². The number of morpholine rings is 1. The SMILES string of the molecule is COc1cccc(NC2c3cc(N4CCOCC4)ccc3N(C(C)=O)[C@@H](C3CC3)[C@@H]2C)n1. The van der Waals surface area contributed by atoms with Crippen LogP contribution in [0.2, 0.25) is 0 Å². The summed E-state index contributed by atoms with van der Waals surface area (Å²) in [5.41, 5.74) is 3.35. The van der Waals surface area contributed by atoms with Crippen LogP contribution in [0.3, 0.4) is 0 Å². The van der Waals surface area contributed by atoms with Gasteiger partial charge in [-0.15, -0.1) is 0 Å². The van der Waals surface area contributed by atoms with Gasteiger partial charge in [0.2, 0.25) is 11.8 Å². The Labute approximate surface area is 189 Å². The van der Waals surface area contributed by atoms with Crippen LogP contribution in [0.5, 0.6) is 5.88 Å². The van der Waals surface area contributed by atoms with Crippen molar-refractivity contribution in [1.82, 2.24) is 4.98 Å². The molecule has 2 aromatic rings. The number of hydrogen-bond donors (Lipinski definition) is 1. The molecule has 0 radical (unpaired) electrons. The summed E-state index contributed by atoms with van der Waals surface area (Å²) in [6.07, 6.45) is 2.37. The van der Waals surface area contributed by atoms with Gasteiger partial charge < -0.3 is 24.6 Å². The van der Waals surface area contributed by atoms with Crippen molar-refractivity contribution in [2.24, 2.45) is 11.8 Å². The van der Waals surface area contributed by atoms with Gasteiger partial charge in [0.05, 0.1) is 26.4 Å². The lowest BCUT2D eigenvalue weighted by Gasteiger charge is -2.46. The topological polar surface area (TPSA) is 66.9 Å². The third-order valence-electron chi connectivity index (χ3n) is 7.02. The van der Waals surface area contributed by atoms with Gasteiger partial charge in [0.25, 0.3) is 0 Å². The standard InChI is InChI=1S/C25H32N4O3/c1-16-24(27-22-5-4-6-23(26-22)31-3)20-15-19(28-11-13-32-14-12-28)9-10-21(20)29(17(2)30)25(16)18-7-8-18/h4-6,9-10,15-16,18,24-25H,7-8,11-14H2,1-3H3,(H,26,27)/t16-,24?,25-/m1/s1. The predicted octanol–water partition coefficient (Wildman–Crippen LogP) is 3.86. The van der Waals surface area contributed by atoms with Crippen LogP contribution in [-0.2, 0) is 9.53 Å². The second kappa shape index (κ2) is 8.62. The van der Waals surface area contributed by atoms with Crippen LogP contribution in [-0.4, -0.2) is 50.3 Å². The van der Waals surface area contributed by atoms with Gasteiger partial charge in [0.1, 0.15) is 5.82 Å². The van der Waals surface area contributed by atoms with Crippen LogP contribution in [0, 0.1) is 11.8 Å². The highest BCUT2D eigenvalue weighted by Gasteiger charge is 2.47. The smallest absolute Gasteiger partial charge is 0.224 e. The van der Waals surface area contributed by atoms with Crippen LogP contribution in [0.25, 0.3) is 0 Å². The molecule has 2 aliphatic heterocycles. The Morgan fingerprint density at radius 2 is 1.97 bits per heavy atom. The molecular formula is C25H32N4O3. The summed E-state index contributed by atoms with van der Waals surface area (Å²) in [5, 5.41) is 3.69. The minimum atomic E-state index is 0.0480. The molecule has 2 fully saturated rings. The van der Waals surface area contributed by atoms with Crippen molar-refractivity contribution in [3.63, 3.8) is 0 Å². The number of pyridine rings is 1. The summed E-state index contributed by atoms with van der Waals surface area (Å²) < 4.78 is 10.9. The van der Waals surface area contributed by atoms with Gasteiger partial charge in [-0.1, -0.05) is 13.0 Å². The molecule has 1 saturated carbocycles. The number of nitrogens with one attached hydrogen (secondary N) is 1. The van der Waals surface area contributed by atoms with E-state index in [-0.39, 0.29) is 23.9 Å². The van der Waals surface area contributed by atoms with E-state index < -0.39 is 0 Å². The molecule has 7 heteroatoms. The Kier molecular flexibility index (Phi) is 5.67. The molecule has 3 atom stereocenters. The number of aromatic nitrogens is 1. The summed E-state index contributed by atoms with van der Waals surface area (Å²) in [6.45, 7) is 7.20. The van der Waals surface area contributed by atoms with E-state index in [9.17, 15) is 4.79 Å². The summed E-state index contributed by atoms with van der Waals surface area (Å²) in [6, 6.07) is 12.6. The van der Waals surface area contributed by atoms with Crippen molar-refractivity contribution in [3.05, 3.63) is 42.0 Å². The van der Waals surface area contributed by atoms with E-state index in [0.29, 0.717) is 11.8 Å². The van der Waals surface area contributed by atoms with Crippen molar-refractivity contribution in [2.75, 3.05) is 48.5 Å². The molecular weight excluding hydrogens is 404 g/mol. The molecule has 5 rings (SSSR count). The molecule has 1 saturated heterocycles. The first-order valence-corrected chi connectivity index (χ1v) is 11.6. The van der Waals surface area contributed by atoms with E-state index >= 15 is 0 Å². The fourth-order valence-corrected chi connectivity index (χ4v) is 5.34. The van der Waals surface area contributed by atoms with Gasteiger partial charge in [0, 0.05) is 55.0 Å². The Hall–Kier alpha value is -2.80. The normalized spacial score (nSPS) is 25.3. The lowest BCUT2D eigenvalue weighted by Crippen LogP contribution is -2.51. The van der Waals surface area contributed by atoms with E-state index in [2.05, 4.69) is 45.2 Å². The second-order valence-electron chi connectivity index (χ2n) is 9.11. The number of carbonyl (C=O) groups excluding carboxylic acids is 1. The average Bonchev–Trinajstić information content (AvgIpc) is 3.66. The Morgan fingerprint density at radius 1 is 1.19 bits per heavy atom. The third kappa shape index (κ3) is 3.90. The number of nitrogens with zero attached hydrogens (tertiary/aromatic N) is 3. The average molecular weight is 437 g/mol. The van der Waals surface area contributed by atoms with Crippen molar-refractivity contribution in [1.29, 1.82) is 0 Å². The molecule has 1 aromatic heterocycles. The molecule has 170 valence electrons. The van der Waals surface area contributed by atoms with Crippen molar-refractivity contribution in [3.8, 4) is 5.88 Å². The van der Waals surface area contributed by atoms with Crippen LogP contribution >= 0.6 is 0 Å². The zero-order chi connectivity index (χ0) is 22.2. The zero-order valence-corrected chi connectivity index (χ0v) is 19.1. The number of ether oxygens (including phenoxy) is 2. The molecule has 1 amide bonds. The minimum absolute atomic E-state index is 0.0480. The van der Waals surface area contributed by atoms with Crippen molar-refractivity contribution >= 4 is 23.1 Å². The zero-order valence-electron chi connectivity index (χ0n) is 19.1. The maximum absolute atomic E-state index is 12.8. The lowest BCUT2D eigenvalue weighted by molar-refractivity contribution is -0.117. The first kappa shape index (κ1) is 21.1. The summed E-state index contributed by atoms with van der Waals surface area (Å²) in [7, 11) is 1.63. The molecule has 0 spiro atoms. The van der Waals surface area contributed by atoms with Crippen LogP contribution in [0.15, 0.2) is 36.4 Å². The number of rotatable bonds is 5. The summed E-state index contributed by atoms with van der Waals surface area (Å²) in [4.78, 5) is 21.9. The number of benzene rings is 1. The fraction of sp³-hybridized carbons (Fsp3) is 0.520. The first-order valence-electron chi connectivity index (χ1n) is 11.6. The first-order chi connectivity index (χ1) is 15.6. The van der Waals surface area contributed by atoms with Crippen molar-refractivity contribution in [2.45, 2.75) is 38.8 Å². The number of methoxy groups -OCH3 is 1. The van der Waals surface area contributed by atoms with Gasteiger partial charge in [-0.25, -0.2) is 0 Å². The maximum atomic E-state index is 12.8. The predicted molar refractivity (Wildman–Crippen MR) is 125 cm³/mol. The highest BCUT2D eigenvalue weighted by molar-refractivity contribution is 5.94. The molecule has 3 heterocycles. The van der Waals surface area contributed by atoms with E-state index in [1.165, 1.54) is 18.5 Å². The van der Waals surface area contributed by atoms with Gasteiger partial charge >= 0.3 is 0 Å². The summed E-state index contributed by atoms with van der Waals surface area (Å²) >= 11 is 0. The number of hydrogen-bond acceptors (Lipinski definition) is 6. The number of carbonyl (C=O) groups is 1. The van der Waals surface area contributed by atoms with E-state index in [1.54, 1.807) is 14.0 Å². The monoisotopic (exact) mass is 436 g/mol. The Bertz CT molecular complexity index is 987. The second-order valence-corrected chi connectivity index (χ2v) is 9.11. The molecule has 1 unspecified atom stereocenters. The van der Waals surface area contributed by atoms with Crippen LogP contribution in [0.1, 0.15) is 38.3 Å². The highest BCUT2D eigenvalue weighted by atomic mass is 16.5. The minimum Gasteiger partial charge on any atom is -0.481 e. The largest absolute Gasteiger partial charge is 0.481 e. The quantitative estimate of drug-likeness (QED) is 0.768. The number of amides is 1. The van der Waals surface area contributed by atoms with Gasteiger partial charge in [-0.2, -0.15) is 4.98 Å². The summed E-state index contributed by atoms with van der Waals surface area (Å²) in [5.74, 6) is 2.29. The van der Waals surface area contributed by atoms with E-state index in [4.69, 9.17) is 9.47 Å². The van der Waals surface area contributed by atoms with Crippen LogP contribution in [0.4, 0.5) is 17.2 Å². The van der Waals surface area contributed by atoms with Gasteiger partial charge in [-0.3, -0.25) is 4.79 Å². The number of anilines is 3. The molecule has 32 heavy (non-hydrogen) atoms. The van der Waals surface area contributed by atoms with Crippen LogP contribution < -0.4 is 19.9 Å². The Balaban J connectivity index is 1.57. The highest BCUT2D eigenvalue weighted by Crippen LogP contribution is 2.50. The molecule has 0 bridgehead atoms. The molecule has 3 aliphatic rings. The van der Waals surface area contributed by atoms with Crippen molar-refractivity contribution < 1.29 is 14.3 Å². The molecule has 1 aliphatic carbocycles. The third-order valence-corrected chi connectivity index (χ3v) is 7.02. The molecule has 1 aromatic carbocycles. The molecule has 1 N–H and O–H groups in total. The fourth-order valence-electron chi connectivity index (χ4n) is 5.34. The van der Waals surface area contributed by atoms with E-state index in [0.717, 1.165) is 43.4 Å².